The molecule has 46 valence electrons. The van der Waals surface area contributed by atoms with E-state index < -0.39 is 0 Å². The SMILES string of the molecule is [Li][CH]=C(C)c1ccccc1. The Morgan fingerprint density at radius 1 is 1.30 bits per heavy atom. The molecule has 0 N–H and O–H groups in total. The van der Waals surface area contributed by atoms with Crippen molar-refractivity contribution < 1.29 is 0 Å². The van der Waals surface area contributed by atoms with Crippen LogP contribution in [-0.4, -0.2) is 17.7 Å². The van der Waals surface area contributed by atoms with Crippen molar-refractivity contribution in [2.45, 2.75) is 6.92 Å². The van der Waals surface area contributed by atoms with Crippen LogP contribution in [-0.2, 0) is 0 Å². The minimum absolute atomic E-state index is 1.31. The van der Waals surface area contributed by atoms with Gasteiger partial charge >= 0.3 is 70.9 Å². The Morgan fingerprint density at radius 3 is 2.40 bits per heavy atom. The maximum atomic E-state index is 2.12. The third kappa shape index (κ3) is 1.77. The molecule has 0 aromatic heterocycles. The van der Waals surface area contributed by atoms with Crippen molar-refractivity contribution in [1.29, 1.82) is 0 Å². The molecule has 10 heavy (non-hydrogen) atoms. The van der Waals surface area contributed by atoms with Crippen LogP contribution in [0.15, 0.2) is 35.1 Å². The Labute approximate surface area is 71.2 Å². The van der Waals surface area contributed by atoms with E-state index in [0.29, 0.717) is 0 Å². The molecule has 0 aliphatic heterocycles. The molecule has 0 radical (unpaired) electrons. The Kier molecular flexibility index (Phi) is 2.80. The van der Waals surface area contributed by atoms with Gasteiger partial charge in [-0.1, -0.05) is 0 Å². The molecule has 1 aromatic carbocycles. The summed E-state index contributed by atoms with van der Waals surface area (Å²) in [5.74, 6) is 0. The van der Waals surface area contributed by atoms with Gasteiger partial charge in [-0.3, -0.25) is 0 Å². The summed E-state index contributed by atoms with van der Waals surface area (Å²) in [7, 11) is 0. The van der Waals surface area contributed by atoms with Gasteiger partial charge in [-0.05, 0) is 0 Å². The molecule has 0 atom stereocenters. The Bertz CT molecular complexity index is 224. The Morgan fingerprint density at radius 2 is 1.90 bits per heavy atom. The minimum atomic E-state index is 1.31. The molecule has 0 aliphatic rings. The van der Waals surface area contributed by atoms with Crippen LogP contribution in [0.2, 0.25) is 0 Å². The van der Waals surface area contributed by atoms with Crippen LogP contribution in [0.1, 0.15) is 12.5 Å². The predicted octanol–water partition coefficient (Wildman–Crippen LogP) is 2.22. The van der Waals surface area contributed by atoms with Gasteiger partial charge in [-0.25, -0.2) is 0 Å². The third-order valence-corrected chi connectivity index (χ3v) is 1.66. The standard InChI is InChI=1S/C9H9.Li/c1-8(2)9-6-4-3-5-7-9;/h1,3-7H,2H3;. The van der Waals surface area contributed by atoms with E-state index in [1.807, 2.05) is 6.07 Å². The van der Waals surface area contributed by atoms with Crippen LogP contribution in [0.5, 0.6) is 0 Å². The summed E-state index contributed by atoms with van der Waals surface area (Å²) in [6.07, 6.45) is 0. The van der Waals surface area contributed by atoms with E-state index in [2.05, 4.69) is 53.7 Å². The van der Waals surface area contributed by atoms with Gasteiger partial charge in [0, 0.05) is 0 Å². The number of benzene rings is 1. The van der Waals surface area contributed by atoms with Crippen LogP contribution in [0, 0.1) is 0 Å². The molecule has 1 aromatic rings. The second-order valence-electron chi connectivity index (χ2n) is 2.34. The van der Waals surface area contributed by atoms with Gasteiger partial charge in [0.1, 0.15) is 0 Å². The summed E-state index contributed by atoms with van der Waals surface area (Å²) in [4.78, 5) is 0. The maximum absolute atomic E-state index is 2.12. The number of rotatable bonds is 1. The first-order valence-electron chi connectivity index (χ1n) is 3.53. The molecule has 0 nitrogen and oxygen atoms in total. The fourth-order valence-corrected chi connectivity index (χ4v) is 0.868. The number of allylic oxidation sites excluding steroid dienone is 1. The fraction of sp³-hybridized carbons (Fsp3) is 0.111. The average molecular weight is 124 g/mol. The molecule has 0 bridgehead atoms. The second-order valence-corrected chi connectivity index (χ2v) is 2.34. The first kappa shape index (κ1) is 7.66. The first-order chi connectivity index (χ1) is 4.84. The van der Waals surface area contributed by atoms with Gasteiger partial charge in [-0.15, -0.1) is 0 Å². The van der Waals surface area contributed by atoms with Gasteiger partial charge in [0.25, 0.3) is 0 Å². The van der Waals surface area contributed by atoms with Gasteiger partial charge in [-0.2, -0.15) is 0 Å². The molecule has 1 rings (SSSR count). The molecular formula is C9H9Li. The average Bonchev–Trinajstić information content (AvgIpc) is 2.05. The summed E-state index contributed by atoms with van der Waals surface area (Å²) in [6.45, 7) is 2.12. The third-order valence-electron chi connectivity index (χ3n) is 1.66. The normalized spacial score (nSPS) is 11.7. The summed E-state index contributed by atoms with van der Waals surface area (Å²) in [5, 5.41) is 0. The van der Waals surface area contributed by atoms with Crippen LogP contribution in [0.25, 0.3) is 5.57 Å². The molecule has 0 amide bonds. The van der Waals surface area contributed by atoms with Crippen molar-refractivity contribution in [3.05, 3.63) is 40.6 Å². The van der Waals surface area contributed by atoms with E-state index in [-0.39, 0.29) is 0 Å². The molecule has 0 saturated carbocycles. The van der Waals surface area contributed by atoms with E-state index in [4.69, 9.17) is 0 Å². The molecule has 0 heterocycles. The Hall–Kier alpha value is -0.443. The first-order valence-corrected chi connectivity index (χ1v) is 3.53. The Balaban J connectivity index is 2.96. The number of hydrogen-bond donors (Lipinski definition) is 0. The van der Waals surface area contributed by atoms with Crippen molar-refractivity contribution in [3.8, 4) is 0 Å². The molecule has 0 aliphatic carbocycles. The van der Waals surface area contributed by atoms with E-state index in [1.165, 1.54) is 11.1 Å². The van der Waals surface area contributed by atoms with Crippen LogP contribution >= 0.6 is 0 Å². The van der Waals surface area contributed by atoms with E-state index in [9.17, 15) is 0 Å². The van der Waals surface area contributed by atoms with E-state index >= 15 is 0 Å². The van der Waals surface area contributed by atoms with Gasteiger partial charge in [0.2, 0.25) is 0 Å². The van der Waals surface area contributed by atoms with Crippen molar-refractivity contribution in [2.24, 2.45) is 0 Å². The second kappa shape index (κ2) is 3.66. The molecule has 0 fully saturated rings. The van der Waals surface area contributed by atoms with Crippen LogP contribution in [0.4, 0.5) is 0 Å². The number of hydrogen-bond acceptors (Lipinski definition) is 0. The summed E-state index contributed by atoms with van der Waals surface area (Å²) in [5.41, 5.74) is 2.64. The summed E-state index contributed by atoms with van der Waals surface area (Å²) >= 11 is 2.06. The van der Waals surface area contributed by atoms with Crippen molar-refractivity contribution in [2.75, 3.05) is 0 Å². The van der Waals surface area contributed by atoms with Gasteiger partial charge in [0.05, 0.1) is 0 Å². The van der Waals surface area contributed by atoms with Crippen molar-refractivity contribution in [3.63, 3.8) is 0 Å². The van der Waals surface area contributed by atoms with E-state index in [1.54, 1.807) is 0 Å². The summed E-state index contributed by atoms with van der Waals surface area (Å²) in [6, 6.07) is 10.4. The van der Waals surface area contributed by atoms with Crippen molar-refractivity contribution in [1.82, 2.24) is 0 Å². The zero-order valence-corrected chi connectivity index (χ0v) is 6.46. The molecular weight excluding hydrogens is 115 g/mol. The van der Waals surface area contributed by atoms with Crippen LogP contribution < -0.4 is 0 Å². The zero-order chi connectivity index (χ0) is 7.40. The molecule has 0 spiro atoms. The predicted molar refractivity (Wildman–Crippen MR) is 45.8 cm³/mol. The fourth-order valence-electron chi connectivity index (χ4n) is 0.868. The molecule has 1 heteroatoms. The van der Waals surface area contributed by atoms with Crippen LogP contribution in [0.3, 0.4) is 0 Å². The van der Waals surface area contributed by atoms with E-state index in [0.717, 1.165) is 0 Å². The molecule has 0 unspecified atom stereocenters. The zero-order valence-electron chi connectivity index (χ0n) is 6.46. The van der Waals surface area contributed by atoms with Crippen molar-refractivity contribution >= 4 is 23.3 Å². The van der Waals surface area contributed by atoms with Gasteiger partial charge < -0.3 is 0 Å². The monoisotopic (exact) mass is 124 g/mol. The topological polar surface area (TPSA) is 0 Å². The molecule has 0 saturated heterocycles. The van der Waals surface area contributed by atoms with Gasteiger partial charge in [0.15, 0.2) is 0 Å². The quantitative estimate of drug-likeness (QED) is 0.503. The summed E-state index contributed by atoms with van der Waals surface area (Å²) < 4.78 is 2.12.